The molecular weight excluding hydrogens is 334 g/mol. The first-order chi connectivity index (χ1) is 12.5. The summed E-state index contributed by atoms with van der Waals surface area (Å²) >= 11 is 0. The Balaban J connectivity index is 1.92. The van der Waals surface area contributed by atoms with E-state index in [9.17, 15) is 19.8 Å². The van der Waals surface area contributed by atoms with Gasteiger partial charge in [0.2, 0.25) is 0 Å². The standard InChI is InChI=1S/C20H21NO5/c1-26-18-8-3-2-7-16(18)13-5-4-6-14(11-13)19(23)21-10-9-15(22)12-17(21)20(24)25/h2-8,11,15,17,22H,9-10,12H2,1H3,(H,24,25)/t15-,17+/m1/s1. The lowest BCUT2D eigenvalue weighted by atomic mass is 9.97. The second-order valence-electron chi connectivity index (χ2n) is 6.31. The van der Waals surface area contributed by atoms with E-state index in [2.05, 4.69) is 0 Å². The summed E-state index contributed by atoms with van der Waals surface area (Å²) in [6.07, 6.45) is -0.269. The quantitative estimate of drug-likeness (QED) is 0.879. The zero-order chi connectivity index (χ0) is 18.7. The van der Waals surface area contributed by atoms with Gasteiger partial charge in [-0.05, 0) is 30.2 Å². The summed E-state index contributed by atoms with van der Waals surface area (Å²) in [5.41, 5.74) is 2.08. The second-order valence-corrected chi connectivity index (χ2v) is 6.31. The molecule has 0 aliphatic carbocycles. The maximum atomic E-state index is 12.9. The summed E-state index contributed by atoms with van der Waals surface area (Å²) in [7, 11) is 1.59. The van der Waals surface area contributed by atoms with Gasteiger partial charge in [-0.25, -0.2) is 4.79 Å². The van der Waals surface area contributed by atoms with E-state index in [0.29, 0.717) is 17.7 Å². The van der Waals surface area contributed by atoms with E-state index in [0.717, 1.165) is 11.1 Å². The van der Waals surface area contributed by atoms with Crippen LogP contribution in [0.15, 0.2) is 48.5 Å². The van der Waals surface area contributed by atoms with Gasteiger partial charge in [0, 0.05) is 24.1 Å². The molecule has 2 aromatic carbocycles. The van der Waals surface area contributed by atoms with Crippen molar-refractivity contribution in [1.82, 2.24) is 4.90 Å². The van der Waals surface area contributed by atoms with E-state index in [4.69, 9.17) is 4.74 Å². The maximum Gasteiger partial charge on any atom is 0.326 e. The minimum absolute atomic E-state index is 0.0489. The Morgan fingerprint density at radius 2 is 1.92 bits per heavy atom. The van der Waals surface area contributed by atoms with Crippen molar-refractivity contribution in [2.75, 3.05) is 13.7 Å². The van der Waals surface area contributed by atoms with Gasteiger partial charge in [-0.15, -0.1) is 0 Å². The number of aliphatic carboxylic acids is 1. The molecule has 1 aliphatic rings. The van der Waals surface area contributed by atoms with Crippen molar-refractivity contribution in [3.05, 3.63) is 54.1 Å². The molecule has 6 heteroatoms. The molecule has 0 bridgehead atoms. The summed E-state index contributed by atoms with van der Waals surface area (Å²) in [4.78, 5) is 25.7. The van der Waals surface area contributed by atoms with Gasteiger partial charge in [-0.2, -0.15) is 0 Å². The van der Waals surface area contributed by atoms with E-state index < -0.39 is 18.1 Å². The van der Waals surface area contributed by atoms with Gasteiger partial charge in [-0.3, -0.25) is 4.79 Å². The third-order valence-electron chi connectivity index (χ3n) is 4.65. The van der Waals surface area contributed by atoms with Gasteiger partial charge < -0.3 is 19.8 Å². The predicted molar refractivity (Wildman–Crippen MR) is 96.1 cm³/mol. The number of aliphatic hydroxyl groups is 1. The fraction of sp³-hybridized carbons (Fsp3) is 0.300. The average molecular weight is 355 g/mol. The van der Waals surface area contributed by atoms with Crippen LogP contribution in [0.3, 0.4) is 0 Å². The van der Waals surface area contributed by atoms with Crippen LogP contribution in [0.2, 0.25) is 0 Å². The van der Waals surface area contributed by atoms with Crippen molar-refractivity contribution in [3.63, 3.8) is 0 Å². The van der Waals surface area contributed by atoms with Crippen molar-refractivity contribution in [3.8, 4) is 16.9 Å². The Morgan fingerprint density at radius 3 is 2.65 bits per heavy atom. The summed E-state index contributed by atoms with van der Waals surface area (Å²) in [6, 6.07) is 13.5. The normalized spacial score (nSPS) is 19.8. The molecule has 1 heterocycles. The maximum absolute atomic E-state index is 12.9. The van der Waals surface area contributed by atoms with E-state index in [1.165, 1.54) is 4.90 Å². The predicted octanol–water partition coefficient (Wildman–Crippen LogP) is 2.41. The first-order valence-corrected chi connectivity index (χ1v) is 8.46. The number of nitrogens with zero attached hydrogens (tertiary/aromatic N) is 1. The smallest absolute Gasteiger partial charge is 0.326 e. The van der Waals surface area contributed by atoms with E-state index in [1.807, 2.05) is 30.3 Å². The van der Waals surface area contributed by atoms with Crippen LogP contribution in [-0.2, 0) is 4.79 Å². The number of amides is 1. The molecule has 1 aliphatic heterocycles. The molecule has 136 valence electrons. The number of carboxylic acids is 1. The molecule has 1 fully saturated rings. The molecule has 0 saturated carbocycles. The van der Waals surface area contributed by atoms with Crippen LogP contribution in [-0.4, -0.2) is 52.8 Å². The number of likely N-dealkylation sites (tertiary alicyclic amines) is 1. The summed E-state index contributed by atoms with van der Waals surface area (Å²) in [5, 5.41) is 19.1. The molecule has 3 rings (SSSR count). The van der Waals surface area contributed by atoms with Crippen LogP contribution >= 0.6 is 0 Å². The van der Waals surface area contributed by atoms with Crippen molar-refractivity contribution < 1.29 is 24.5 Å². The van der Waals surface area contributed by atoms with Gasteiger partial charge in [0.1, 0.15) is 11.8 Å². The van der Waals surface area contributed by atoms with Crippen molar-refractivity contribution >= 4 is 11.9 Å². The molecule has 0 spiro atoms. The number of aliphatic hydroxyl groups excluding tert-OH is 1. The van der Waals surface area contributed by atoms with Crippen molar-refractivity contribution in [2.45, 2.75) is 25.0 Å². The van der Waals surface area contributed by atoms with Gasteiger partial charge >= 0.3 is 5.97 Å². The Kier molecular flexibility index (Phi) is 5.23. The van der Waals surface area contributed by atoms with Crippen LogP contribution in [0.25, 0.3) is 11.1 Å². The molecular formula is C20H21NO5. The summed E-state index contributed by atoms with van der Waals surface area (Å²) in [6.45, 7) is 0.218. The van der Waals surface area contributed by atoms with Gasteiger partial charge in [0.05, 0.1) is 13.2 Å². The monoisotopic (exact) mass is 355 g/mol. The molecule has 0 unspecified atom stereocenters. The lowest BCUT2D eigenvalue weighted by Gasteiger charge is -2.35. The van der Waals surface area contributed by atoms with Gasteiger partial charge in [0.25, 0.3) is 5.91 Å². The molecule has 26 heavy (non-hydrogen) atoms. The lowest BCUT2D eigenvalue weighted by Crippen LogP contribution is -2.51. The Bertz CT molecular complexity index is 819. The minimum atomic E-state index is -1.10. The highest BCUT2D eigenvalue weighted by Gasteiger charge is 2.36. The molecule has 0 aromatic heterocycles. The largest absolute Gasteiger partial charge is 0.496 e. The van der Waals surface area contributed by atoms with Gasteiger partial charge in [0.15, 0.2) is 0 Å². The molecule has 2 N–H and O–H groups in total. The zero-order valence-corrected chi connectivity index (χ0v) is 14.5. The third-order valence-corrected chi connectivity index (χ3v) is 4.65. The zero-order valence-electron chi connectivity index (χ0n) is 14.5. The molecule has 1 amide bonds. The lowest BCUT2D eigenvalue weighted by molar-refractivity contribution is -0.145. The highest BCUT2D eigenvalue weighted by atomic mass is 16.5. The van der Waals surface area contributed by atoms with Crippen LogP contribution in [0.1, 0.15) is 23.2 Å². The fourth-order valence-corrected chi connectivity index (χ4v) is 3.29. The number of methoxy groups -OCH3 is 1. The highest BCUT2D eigenvalue weighted by molar-refractivity contribution is 5.98. The Labute approximate surface area is 151 Å². The number of hydrogen-bond acceptors (Lipinski definition) is 4. The number of carbonyl (C=O) groups is 2. The number of carboxylic acid groups (broad SMARTS) is 1. The topological polar surface area (TPSA) is 87.1 Å². The van der Waals surface area contributed by atoms with E-state index in [1.54, 1.807) is 25.3 Å². The van der Waals surface area contributed by atoms with Crippen LogP contribution in [0.4, 0.5) is 0 Å². The number of piperidine rings is 1. The number of ether oxygens (including phenoxy) is 1. The van der Waals surface area contributed by atoms with Crippen molar-refractivity contribution in [2.24, 2.45) is 0 Å². The van der Waals surface area contributed by atoms with E-state index in [-0.39, 0.29) is 18.9 Å². The Morgan fingerprint density at radius 1 is 1.15 bits per heavy atom. The minimum Gasteiger partial charge on any atom is -0.496 e. The Hall–Kier alpha value is -2.86. The number of hydrogen-bond donors (Lipinski definition) is 2. The molecule has 6 nitrogen and oxygen atoms in total. The van der Waals surface area contributed by atoms with E-state index >= 15 is 0 Å². The number of para-hydroxylation sites is 1. The highest BCUT2D eigenvalue weighted by Crippen LogP contribution is 2.30. The van der Waals surface area contributed by atoms with Crippen LogP contribution in [0, 0.1) is 0 Å². The van der Waals surface area contributed by atoms with Crippen LogP contribution < -0.4 is 4.74 Å². The summed E-state index contributed by atoms with van der Waals surface area (Å²) in [5.74, 6) is -0.749. The molecule has 1 saturated heterocycles. The molecule has 0 radical (unpaired) electrons. The third kappa shape index (κ3) is 3.55. The number of benzene rings is 2. The average Bonchev–Trinajstić information content (AvgIpc) is 2.67. The number of rotatable bonds is 4. The number of carbonyl (C=O) groups excluding carboxylic acids is 1. The first-order valence-electron chi connectivity index (χ1n) is 8.46. The molecule has 2 aromatic rings. The van der Waals surface area contributed by atoms with Gasteiger partial charge in [-0.1, -0.05) is 30.3 Å². The first kappa shape index (κ1) is 17.9. The van der Waals surface area contributed by atoms with Crippen molar-refractivity contribution in [1.29, 1.82) is 0 Å². The van der Waals surface area contributed by atoms with Crippen LogP contribution in [0.5, 0.6) is 5.75 Å². The second kappa shape index (κ2) is 7.58. The SMILES string of the molecule is COc1ccccc1-c1cccc(C(=O)N2CC[C@@H](O)C[C@H]2C(=O)O)c1. The fourth-order valence-electron chi connectivity index (χ4n) is 3.29. The summed E-state index contributed by atoms with van der Waals surface area (Å²) < 4.78 is 5.38. The molecule has 2 atom stereocenters.